The molecule has 0 atom stereocenters. The van der Waals surface area contributed by atoms with E-state index in [4.69, 9.17) is 12.8 Å². The fraction of sp³-hybridized carbons (Fsp3) is 0.412. The van der Waals surface area contributed by atoms with Crippen LogP contribution >= 0.6 is 0 Å². The molecule has 0 heterocycles. The molecule has 7 rings (SSSR count). The van der Waals surface area contributed by atoms with Crippen molar-refractivity contribution in [3.8, 4) is 59.2 Å². The Labute approximate surface area is 454 Å². The molecular formula is C68H82N2O6. The molecule has 0 unspecified atom stereocenters. The van der Waals surface area contributed by atoms with Crippen molar-refractivity contribution in [1.29, 1.82) is 0 Å². The molecule has 0 saturated carbocycles. The molecule has 6 aromatic carbocycles. The molecule has 400 valence electrons. The Hall–Kier alpha value is -6.84. The number of benzene rings is 6. The summed E-state index contributed by atoms with van der Waals surface area (Å²) in [5, 5.41) is 75.1. The minimum Gasteiger partial charge on any atom is -0.507 e. The third-order valence-corrected chi connectivity index (χ3v) is 15.1. The van der Waals surface area contributed by atoms with E-state index in [1.807, 2.05) is 96.7 Å². The van der Waals surface area contributed by atoms with Crippen LogP contribution in [-0.4, -0.2) is 67.6 Å². The van der Waals surface area contributed by atoms with Gasteiger partial charge in [0, 0.05) is 51.6 Å². The average molecular weight is 1020 g/mol. The van der Waals surface area contributed by atoms with Gasteiger partial charge in [-0.25, -0.2) is 0 Å². The highest BCUT2D eigenvalue weighted by atomic mass is 16.3. The molecule has 0 radical (unpaired) electrons. The largest absolute Gasteiger partial charge is 0.507 e. The van der Waals surface area contributed by atoms with Crippen LogP contribution in [0.25, 0.3) is 0 Å². The van der Waals surface area contributed by atoms with Crippen molar-refractivity contribution in [2.45, 2.75) is 156 Å². The van der Waals surface area contributed by atoms with Gasteiger partial charge in [-0.2, -0.15) is 0 Å². The predicted octanol–water partition coefficient (Wildman–Crippen LogP) is 13.1. The predicted molar refractivity (Wildman–Crippen MR) is 311 cm³/mol. The molecule has 12 bridgehead atoms. The zero-order chi connectivity index (χ0) is 56.0. The fourth-order valence-corrected chi connectivity index (χ4v) is 10.5. The second kappa shape index (κ2) is 21.7. The van der Waals surface area contributed by atoms with Crippen LogP contribution in [0.1, 0.15) is 183 Å². The van der Waals surface area contributed by atoms with Crippen LogP contribution in [0.2, 0.25) is 0 Å². The lowest BCUT2D eigenvalue weighted by molar-refractivity contribution is 0.368. The van der Waals surface area contributed by atoms with Crippen molar-refractivity contribution >= 4 is 0 Å². The SMILES string of the molecule is C#CCN(C)Cc1cc2c(O)c(c1)Cc1cc(C(C)(C)C)cc(c1O)Cc1cc(C(C)(C)C)cc(c1O)Cc1cc(CN(C)CC#C)cc(c1O)Cc1cc(C(C)(C)C)cc(c1O)Cc1cc(C(C)(C)C)cc(c1O)C2. The first-order valence-corrected chi connectivity index (χ1v) is 26.7. The summed E-state index contributed by atoms with van der Waals surface area (Å²) >= 11 is 0. The van der Waals surface area contributed by atoms with Gasteiger partial charge in [-0.15, -0.1) is 12.8 Å². The van der Waals surface area contributed by atoms with Gasteiger partial charge in [0.15, 0.2) is 0 Å². The minimum atomic E-state index is -0.333. The Balaban J connectivity index is 1.56. The Bertz CT molecular complexity index is 2860. The molecule has 0 spiro atoms. The maximum absolute atomic E-state index is 12.5. The number of phenolic OH excluding ortho intramolecular Hbond substituents is 6. The summed E-state index contributed by atoms with van der Waals surface area (Å²) in [4.78, 5) is 4.06. The van der Waals surface area contributed by atoms with E-state index in [-0.39, 0.29) is 94.7 Å². The van der Waals surface area contributed by atoms with E-state index in [0.29, 0.717) is 92.9 Å². The molecule has 0 aromatic heterocycles. The summed E-state index contributed by atoms with van der Waals surface area (Å²) in [6.45, 7) is 27.4. The van der Waals surface area contributed by atoms with Crippen molar-refractivity contribution in [2.24, 2.45) is 0 Å². The zero-order valence-electron chi connectivity index (χ0n) is 47.7. The summed E-state index contributed by atoms with van der Waals surface area (Å²) in [7, 11) is 3.90. The molecule has 0 fully saturated rings. The summed E-state index contributed by atoms with van der Waals surface area (Å²) in [6, 6.07) is 24.1. The summed E-state index contributed by atoms with van der Waals surface area (Å²) in [6.07, 6.45) is 12.7. The van der Waals surface area contributed by atoms with Crippen molar-refractivity contribution in [3.63, 3.8) is 0 Å². The highest BCUT2D eigenvalue weighted by Crippen LogP contribution is 2.44. The first-order chi connectivity index (χ1) is 35.3. The number of terminal acetylenes is 2. The standard InChI is InChI=1S/C68H82N2O6/c1-17-19-69(15)39-41-21-43-25-47-31-55(65(3,4)5)35-51(61(47)73)29-53-37-57(67(9,10)11)33-49(63(53)75)27-45-23-42(40-70(16)20-18-2)24-46(60(45)72)28-50-34-58(68(12,13)14)38-54(64(50)76)30-52-36-56(66(6,7)8)32-48(62(52)74)26-44(22-41)59(43)71/h1-2,21-24,31-38,71-76H,19-20,25-30,39-40H2,3-16H3. The van der Waals surface area contributed by atoms with E-state index < -0.39 is 0 Å². The minimum absolute atomic E-state index is 0.0691. The molecule has 6 N–H and O–H groups in total. The molecule has 1 aliphatic rings. The molecule has 6 aromatic rings. The van der Waals surface area contributed by atoms with Gasteiger partial charge in [0.1, 0.15) is 34.5 Å². The van der Waals surface area contributed by atoms with Gasteiger partial charge >= 0.3 is 0 Å². The maximum Gasteiger partial charge on any atom is 0.122 e. The third-order valence-electron chi connectivity index (χ3n) is 15.1. The number of phenols is 6. The zero-order valence-corrected chi connectivity index (χ0v) is 47.7. The lowest BCUT2D eigenvalue weighted by Gasteiger charge is -2.26. The first kappa shape index (κ1) is 56.9. The van der Waals surface area contributed by atoms with Crippen molar-refractivity contribution in [3.05, 3.63) is 173 Å². The lowest BCUT2D eigenvalue weighted by atomic mass is 9.80. The van der Waals surface area contributed by atoms with Gasteiger partial charge in [0.25, 0.3) is 0 Å². The monoisotopic (exact) mass is 1020 g/mol. The maximum atomic E-state index is 12.5. The number of aromatic hydroxyl groups is 6. The smallest absolute Gasteiger partial charge is 0.122 e. The lowest BCUT2D eigenvalue weighted by Crippen LogP contribution is -2.18. The van der Waals surface area contributed by atoms with Crippen LogP contribution in [0.3, 0.4) is 0 Å². The number of fused-ring (bicyclic) bond motifs is 12. The number of rotatable bonds is 6. The first-order valence-electron chi connectivity index (χ1n) is 26.7. The van der Waals surface area contributed by atoms with Crippen LogP contribution in [0.4, 0.5) is 0 Å². The summed E-state index contributed by atoms with van der Waals surface area (Å²) in [5.41, 5.74) is 11.9. The van der Waals surface area contributed by atoms with Gasteiger partial charge in [-0.3, -0.25) is 9.80 Å². The van der Waals surface area contributed by atoms with Crippen molar-refractivity contribution < 1.29 is 30.6 Å². The normalized spacial score (nSPS) is 13.6. The Morgan fingerprint density at radius 2 is 0.487 bits per heavy atom. The molecular weight excluding hydrogens is 941 g/mol. The van der Waals surface area contributed by atoms with E-state index in [1.54, 1.807) is 0 Å². The Kier molecular flexibility index (Phi) is 16.2. The molecule has 0 amide bonds. The summed E-state index contributed by atoms with van der Waals surface area (Å²) in [5.74, 6) is 5.93. The summed E-state index contributed by atoms with van der Waals surface area (Å²) < 4.78 is 0. The highest BCUT2D eigenvalue weighted by Gasteiger charge is 2.28. The van der Waals surface area contributed by atoms with E-state index in [0.717, 1.165) is 33.4 Å². The van der Waals surface area contributed by atoms with Crippen molar-refractivity contribution in [1.82, 2.24) is 9.80 Å². The Morgan fingerprint density at radius 1 is 0.329 bits per heavy atom. The molecule has 1 aliphatic carbocycles. The van der Waals surface area contributed by atoms with Crippen LogP contribution in [-0.2, 0) is 73.3 Å². The van der Waals surface area contributed by atoms with Crippen LogP contribution < -0.4 is 0 Å². The molecule has 0 saturated heterocycles. The molecule has 76 heavy (non-hydrogen) atoms. The van der Waals surface area contributed by atoms with E-state index in [9.17, 15) is 30.6 Å². The molecule has 8 heteroatoms. The number of hydrogen-bond acceptors (Lipinski definition) is 8. The molecule has 0 aliphatic heterocycles. The number of hydrogen-bond donors (Lipinski definition) is 6. The van der Waals surface area contributed by atoms with Gasteiger partial charge in [0.2, 0.25) is 0 Å². The van der Waals surface area contributed by atoms with Crippen LogP contribution in [0, 0.1) is 24.7 Å². The third kappa shape index (κ3) is 12.9. The second-order valence-electron chi connectivity index (χ2n) is 25.9. The fourth-order valence-electron chi connectivity index (χ4n) is 10.5. The quantitative estimate of drug-likeness (QED) is 0.0909. The number of nitrogens with zero attached hydrogens (tertiary/aromatic N) is 2. The highest BCUT2D eigenvalue weighted by molar-refractivity contribution is 5.60. The van der Waals surface area contributed by atoms with Crippen molar-refractivity contribution in [2.75, 3.05) is 27.2 Å². The van der Waals surface area contributed by atoms with E-state index >= 15 is 0 Å². The van der Waals surface area contributed by atoms with Gasteiger partial charge < -0.3 is 30.6 Å². The van der Waals surface area contributed by atoms with Crippen LogP contribution in [0.15, 0.2) is 72.8 Å². The van der Waals surface area contributed by atoms with Gasteiger partial charge in [-0.05, 0) is 136 Å². The van der Waals surface area contributed by atoms with Gasteiger partial charge in [0.05, 0.1) is 13.1 Å². The van der Waals surface area contributed by atoms with Gasteiger partial charge in [-0.1, -0.05) is 168 Å². The topological polar surface area (TPSA) is 128 Å². The van der Waals surface area contributed by atoms with E-state index in [2.05, 4.69) is 94.9 Å². The second-order valence-corrected chi connectivity index (χ2v) is 25.9. The Morgan fingerprint density at radius 3 is 0.632 bits per heavy atom. The van der Waals surface area contributed by atoms with E-state index in [1.165, 1.54) is 0 Å². The average Bonchev–Trinajstić information content (AvgIpc) is 3.29. The molecule has 8 nitrogen and oxygen atoms in total. The van der Waals surface area contributed by atoms with Crippen LogP contribution in [0.5, 0.6) is 34.5 Å².